The van der Waals surface area contributed by atoms with Gasteiger partial charge in [0.25, 0.3) is 5.91 Å². The molecule has 2 saturated heterocycles. The number of carbonyl (C=O) groups excluding carboxylic acids is 1. The van der Waals surface area contributed by atoms with Crippen molar-refractivity contribution in [1.29, 1.82) is 0 Å². The Morgan fingerprint density at radius 1 is 1.23 bits per heavy atom. The van der Waals surface area contributed by atoms with Gasteiger partial charge in [-0.3, -0.25) is 9.69 Å². The number of benzene rings is 1. The second kappa shape index (κ2) is 7.25. The number of ether oxygens (including phenoxy) is 1. The van der Waals surface area contributed by atoms with E-state index in [0.717, 1.165) is 52.0 Å². The molecule has 0 N–H and O–H groups in total. The summed E-state index contributed by atoms with van der Waals surface area (Å²) in [5, 5.41) is 0. The number of carbonyl (C=O) groups is 1. The molecule has 4 nitrogen and oxygen atoms in total. The van der Waals surface area contributed by atoms with Crippen molar-refractivity contribution >= 4 is 5.91 Å². The highest BCUT2D eigenvalue weighted by Crippen LogP contribution is 2.25. The first-order valence-electron chi connectivity index (χ1n) is 8.49. The maximum Gasteiger partial charge on any atom is 0.251 e. The Morgan fingerprint density at radius 3 is 2.55 bits per heavy atom. The van der Waals surface area contributed by atoms with E-state index in [1.807, 2.05) is 4.90 Å². The fourth-order valence-electron chi connectivity index (χ4n) is 3.61. The minimum absolute atomic E-state index is 0.178. The minimum Gasteiger partial charge on any atom is -0.368 e. The van der Waals surface area contributed by atoms with Gasteiger partial charge in [-0.15, -0.1) is 0 Å². The average molecular weight is 302 g/mol. The van der Waals surface area contributed by atoms with Crippen molar-refractivity contribution in [3.63, 3.8) is 0 Å². The molecule has 120 valence electrons. The third-order valence-electron chi connectivity index (χ3n) is 4.84. The van der Waals surface area contributed by atoms with E-state index in [4.69, 9.17) is 4.74 Å². The number of rotatable bonds is 4. The van der Waals surface area contributed by atoms with E-state index in [2.05, 4.69) is 42.2 Å². The van der Waals surface area contributed by atoms with Crippen molar-refractivity contribution in [2.75, 3.05) is 32.8 Å². The Kier molecular flexibility index (Phi) is 5.11. The quantitative estimate of drug-likeness (QED) is 0.856. The number of piperazine rings is 1. The molecule has 0 bridgehead atoms. The van der Waals surface area contributed by atoms with Gasteiger partial charge in [-0.1, -0.05) is 37.3 Å². The Labute approximate surface area is 133 Å². The first-order valence-corrected chi connectivity index (χ1v) is 8.49. The zero-order valence-corrected chi connectivity index (χ0v) is 13.4. The predicted octanol–water partition coefficient (Wildman–Crippen LogP) is 2.46. The first kappa shape index (κ1) is 15.5. The van der Waals surface area contributed by atoms with E-state index in [1.165, 1.54) is 5.56 Å². The number of hydrogen-bond acceptors (Lipinski definition) is 3. The molecule has 3 rings (SSSR count). The Bertz CT molecular complexity index is 477. The number of amides is 1. The summed E-state index contributed by atoms with van der Waals surface area (Å²) in [6.45, 7) is 6.52. The fraction of sp³-hybridized carbons (Fsp3) is 0.611. The van der Waals surface area contributed by atoms with Gasteiger partial charge in [0.15, 0.2) is 0 Å². The van der Waals surface area contributed by atoms with Crippen LogP contribution in [0.5, 0.6) is 0 Å². The molecule has 2 atom stereocenters. The molecular weight excluding hydrogens is 276 g/mol. The van der Waals surface area contributed by atoms with E-state index >= 15 is 0 Å². The van der Waals surface area contributed by atoms with Crippen LogP contribution in [0.2, 0.25) is 0 Å². The monoisotopic (exact) mass is 302 g/mol. The lowest BCUT2D eigenvalue weighted by Crippen LogP contribution is -2.52. The number of hydrogen-bond donors (Lipinski definition) is 0. The molecule has 1 amide bonds. The highest BCUT2D eigenvalue weighted by Gasteiger charge is 2.31. The number of nitrogens with zero attached hydrogens (tertiary/aromatic N) is 2. The smallest absolute Gasteiger partial charge is 0.251 e. The van der Waals surface area contributed by atoms with Crippen LogP contribution in [0.25, 0.3) is 0 Å². The van der Waals surface area contributed by atoms with Gasteiger partial charge in [0.1, 0.15) is 6.10 Å². The highest BCUT2D eigenvalue weighted by molar-refractivity contribution is 5.81. The molecular formula is C18H26N2O2. The Morgan fingerprint density at radius 2 is 1.95 bits per heavy atom. The van der Waals surface area contributed by atoms with Crippen molar-refractivity contribution in [2.24, 2.45) is 0 Å². The molecule has 2 aliphatic rings. The minimum atomic E-state index is -0.178. The van der Waals surface area contributed by atoms with Crippen LogP contribution in [0.4, 0.5) is 0 Å². The van der Waals surface area contributed by atoms with Gasteiger partial charge < -0.3 is 9.64 Å². The van der Waals surface area contributed by atoms with Crippen LogP contribution < -0.4 is 0 Å². The van der Waals surface area contributed by atoms with Crippen molar-refractivity contribution in [3.05, 3.63) is 35.9 Å². The lowest BCUT2D eigenvalue weighted by Gasteiger charge is -2.39. The van der Waals surface area contributed by atoms with Gasteiger partial charge in [0, 0.05) is 38.8 Å². The Balaban J connectivity index is 1.57. The standard InChI is InChI=1S/C18H26N2O2/c1-2-16(15-7-4-3-5-8-15)19-10-12-20(13-11-19)18(21)17-9-6-14-22-17/h3-5,7-8,16-17H,2,6,9-14H2,1H3/t16-,17+/m0/s1. The van der Waals surface area contributed by atoms with Crippen LogP contribution >= 0.6 is 0 Å². The molecule has 1 aromatic carbocycles. The van der Waals surface area contributed by atoms with Crippen molar-refractivity contribution in [1.82, 2.24) is 9.80 Å². The SMILES string of the molecule is CC[C@@H](c1ccccc1)N1CCN(C(=O)[C@H]2CCCO2)CC1. The molecule has 4 heteroatoms. The molecule has 1 aromatic rings. The molecule has 0 aromatic heterocycles. The van der Waals surface area contributed by atoms with E-state index < -0.39 is 0 Å². The van der Waals surface area contributed by atoms with Crippen molar-refractivity contribution < 1.29 is 9.53 Å². The summed E-state index contributed by atoms with van der Waals surface area (Å²) < 4.78 is 5.53. The second-order valence-electron chi connectivity index (χ2n) is 6.20. The molecule has 2 fully saturated rings. The van der Waals surface area contributed by atoms with Gasteiger partial charge in [0.05, 0.1) is 0 Å². The maximum absolute atomic E-state index is 12.4. The van der Waals surface area contributed by atoms with Crippen LogP contribution in [-0.2, 0) is 9.53 Å². The molecule has 0 spiro atoms. The van der Waals surface area contributed by atoms with E-state index in [1.54, 1.807) is 0 Å². The largest absolute Gasteiger partial charge is 0.368 e. The predicted molar refractivity (Wildman–Crippen MR) is 86.6 cm³/mol. The third kappa shape index (κ3) is 3.33. The molecule has 0 radical (unpaired) electrons. The molecule has 0 aliphatic carbocycles. The zero-order chi connectivity index (χ0) is 15.4. The van der Waals surface area contributed by atoms with Crippen LogP contribution in [-0.4, -0.2) is 54.6 Å². The summed E-state index contributed by atoms with van der Waals surface area (Å²) in [6.07, 6.45) is 2.83. The van der Waals surface area contributed by atoms with Crippen LogP contribution in [0, 0.1) is 0 Å². The van der Waals surface area contributed by atoms with Crippen LogP contribution in [0.1, 0.15) is 37.8 Å². The molecule has 0 unspecified atom stereocenters. The van der Waals surface area contributed by atoms with E-state index in [-0.39, 0.29) is 12.0 Å². The lowest BCUT2D eigenvalue weighted by atomic mass is 10.0. The molecule has 22 heavy (non-hydrogen) atoms. The van der Waals surface area contributed by atoms with Gasteiger partial charge in [-0.2, -0.15) is 0 Å². The average Bonchev–Trinajstić information content (AvgIpc) is 3.11. The van der Waals surface area contributed by atoms with Gasteiger partial charge in [-0.25, -0.2) is 0 Å². The maximum atomic E-state index is 12.4. The van der Waals surface area contributed by atoms with E-state index in [0.29, 0.717) is 6.04 Å². The normalized spacial score (nSPS) is 24.4. The Hall–Kier alpha value is -1.39. The lowest BCUT2D eigenvalue weighted by molar-refractivity contribution is -0.143. The molecule has 0 saturated carbocycles. The molecule has 2 heterocycles. The van der Waals surface area contributed by atoms with Gasteiger partial charge in [-0.05, 0) is 24.8 Å². The molecule has 2 aliphatic heterocycles. The van der Waals surface area contributed by atoms with Gasteiger partial charge >= 0.3 is 0 Å². The first-order chi connectivity index (χ1) is 10.8. The third-order valence-corrected chi connectivity index (χ3v) is 4.84. The van der Waals surface area contributed by atoms with Gasteiger partial charge in [0.2, 0.25) is 0 Å². The van der Waals surface area contributed by atoms with Crippen LogP contribution in [0.15, 0.2) is 30.3 Å². The summed E-state index contributed by atoms with van der Waals surface area (Å²) in [4.78, 5) is 16.9. The van der Waals surface area contributed by atoms with Crippen molar-refractivity contribution in [3.8, 4) is 0 Å². The van der Waals surface area contributed by atoms with E-state index in [9.17, 15) is 4.79 Å². The summed E-state index contributed by atoms with van der Waals surface area (Å²) in [5.74, 6) is 0.199. The zero-order valence-electron chi connectivity index (χ0n) is 13.4. The second-order valence-corrected chi connectivity index (χ2v) is 6.20. The highest BCUT2D eigenvalue weighted by atomic mass is 16.5. The summed E-state index contributed by atoms with van der Waals surface area (Å²) >= 11 is 0. The summed E-state index contributed by atoms with van der Waals surface area (Å²) in [5.41, 5.74) is 1.38. The summed E-state index contributed by atoms with van der Waals surface area (Å²) in [7, 11) is 0. The summed E-state index contributed by atoms with van der Waals surface area (Å²) in [6, 6.07) is 11.1. The van der Waals surface area contributed by atoms with Crippen molar-refractivity contribution in [2.45, 2.75) is 38.3 Å². The fourth-order valence-corrected chi connectivity index (χ4v) is 3.61. The van der Waals surface area contributed by atoms with Crippen LogP contribution in [0.3, 0.4) is 0 Å². The topological polar surface area (TPSA) is 32.8 Å².